The number of rotatable bonds is 7. The van der Waals surface area contributed by atoms with E-state index < -0.39 is 18.1 Å². The minimum atomic E-state index is -2.90. The van der Waals surface area contributed by atoms with Gasteiger partial charge in [0, 0.05) is 28.8 Å². The molecule has 0 bridgehead atoms. The fourth-order valence-electron chi connectivity index (χ4n) is 4.21. The maximum atomic E-state index is 15.0. The van der Waals surface area contributed by atoms with Crippen molar-refractivity contribution in [1.29, 1.82) is 0 Å². The van der Waals surface area contributed by atoms with E-state index in [2.05, 4.69) is 28.9 Å². The molecule has 0 N–H and O–H groups in total. The summed E-state index contributed by atoms with van der Waals surface area (Å²) >= 11 is 0. The lowest BCUT2D eigenvalue weighted by molar-refractivity contribution is -0.124. The van der Waals surface area contributed by atoms with Crippen LogP contribution >= 0.6 is 0 Å². The summed E-state index contributed by atoms with van der Waals surface area (Å²) in [6.45, 7) is 6.04. The van der Waals surface area contributed by atoms with Gasteiger partial charge in [-0.15, -0.1) is 10.2 Å². The van der Waals surface area contributed by atoms with Crippen molar-refractivity contribution in [3.8, 4) is 11.5 Å². The molecule has 0 radical (unpaired) electrons. The Morgan fingerprint density at radius 2 is 1.82 bits per heavy atom. The standard InChI is InChI=1S/C25H27F3N4O2/c1-16(2)31-12-10-17(11-13-31)25(33)32(20-6-4-3-5-7-20)15-19-9-8-18(14-21(19)26)23-29-30-24(34-23)22(27)28/h3-9,14,16-17,22H,10-13,15H2,1-2H3. The molecule has 2 heterocycles. The molecule has 1 amide bonds. The Hall–Kier alpha value is -3.20. The van der Waals surface area contributed by atoms with Gasteiger partial charge in [-0.2, -0.15) is 8.78 Å². The lowest BCUT2D eigenvalue weighted by atomic mass is 9.94. The third-order valence-corrected chi connectivity index (χ3v) is 6.20. The number of nitrogens with zero attached hydrogens (tertiary/aromatic N) is 4. The number of likely N-dealkylation sites (tertiary alicyclic amines) is 1. The Morgan fingerprint density at radius 3 is 2.41 bits per heavy atom. The summed E-state index contributed by atoms with van der Waals surface area (Å²) in [4.78, 5) is 17.5. The van der Waals surface area contributed by atoms with E-state index >= 15 is 4.39 Å². The number of alkyl halides is 2. The highest BCUT2D eigenvalue weighted by atomic mass is 19.3. The maximum absolute atomic E-state index is 15.0. The van der Waals surface area contributed by atoms with Crippen molar-refractivity contribution in [3.63, 3.8) is 0 Å². The number of hydrogen-bond donors (Lipinski definition) is 0. The van der Waals surface area contributed by atoms with E-state index in [1.807, 2.05) is 30.3 Å². The van der Waals surface area contributed by atoms with Crippen molar-refractivity contribution in [2.75, 3.05) is 18.0 Å². The average molecular weight is 473 g/mol. The van der Waals surface area contributed by atoms with Crippen LogP contribution in [0.3, 0.4) is 0 Å². The molecule has 0 unspecified atom stereocenters. The second kappa shape index (κ2) is 10.4. The Balaban J connectivity index is 1.55. The molecule has 1 fully saturated rings. The van der Waals surface area contributed by atoms with Gasteiger partial charge in [0.15, 0.2) is 0 Å². The first kappa shape index (κ1) is 23.9. The van der Waals surface area contributed by atoms with Gasteiger partial charge < -0.3 is 14.2 Å². The molecule has 1 aliphatic heterocycles. The van der Waals surface area contributed by atoms with Gasteiger partial charge in [0.05, 0.1) is 6.54 Å². The van der Waals surface area contributed by atoms with E-state index in [9.17, 15) is 13.6 Å². The molecule has 0 spiro atoms. The number of benzene rings is 2. The molecule has 34 heavy (non-hydrogen) atoms. The van der Waals surface area contributed by atoms with Crippen LogP contribution in [0.2, 0.25) is 0 Å². The van der Waals surface area contributed by atoms with E-state index in [4.69, 9.17) is 4.42 Å². The van der Waals surface area contributed by atoms with Gasteiger partial charge >= 0.3 is 6.43 Å². The zero-order chi connectivity index (χ0) is 24.2. The van der Waals surface area contributed by atoms with Crippen LogP contribution < -0.4 is 4.90 Å². The molecule has 3 aromatic rings. The molecule has 1 aliphatic rings. The van der Waals surface area contributed by atoms with Gasteiger partial charge in [-0.3, -0.25) is 4.79 Å². The third-order valence-electron chi connectivity index (χ3n) is 6.20. The second-order valence-electron chi connectivity index (χ2n) is 8.72. The predicted molar refractivity (Wildman–Crippen MR) is 122 cm³/mol. The molecule has 4 rings (SSSR count). The summed E-state index contributed by atoms with van der Waals surface area (Å²) < 4.78 is 45.4. The summed E-state index contributed by atoms with van der Waals surface area (Å²) in [5.74, 6) is -1.75. The Labute approximate surface area is 196 Å². The monoisotopic (exact) mass is 472 g/mol. The summed E-state index contributed by atoms with van der Waals surface area (Å²) in [6, 6.07) is 13.8. The van der Waals surface area contributed by atoms with Gasteiger partial charge in [-0.1, -0.05) is 24.3 Å². The molecule has 0 atom stereocenters. The van der Waals surface area contributed by atoms with Crippen LogP contribution in [-0.2, 0) is 11.3 Å². The number of halogens is 3. The number of carbonyl (C=O) groups excluding carboxylic acids is 1. The number of carbonyl (C=O) groups is 1. The van der Waals surface area contributed by atoms with E-state index in [0.29, 0.717) is 17.3 Å². The van der Waals surface area contributed by atoms with Crippen LogP contribution in [0, 0.1) is 11.7 Å². The highest BCUT2D eigenvalue weighted by Crippen LogP contribution is 2.28. The minimum absolute atomic E-state index is 0.0310. The van der Waals surface area contributed by atoms with Gasteiger partial charge in [0.25, 0.3) is 5.89 Å². The zero-order valence-corrected chi connectivity index (χ0v) is 19.1. The number of hydrogen-bond acceptors (Lipinski definition) is 5. The molecular weight excluding hydrogens is 445 g/mol. The first-order valence-corrected chi connectivity index (χ1v) is 11.3. The molecule has 180 valence electrons. The summed E-state index contributed by atoms with van der Waals surface area (Å²) in [5.41, 5.74) is 1.19. The Kier molecular flexibility index (Phi) is 7.31. The van der Waals surface area contributed by atoms with Gasteiger partial charge in [0.2, 0.25) is 11.8 Å². The molecule has 1 saturated heterocycles. The van der Waals surface area contributed by atoms with E-state index in [1.165, 1.54) is 12.1 Å². The lowest BCUT2D eigenvalue weighted by Gasteiger charge is -2.36. The fraction of sp³-hybridized carbons (Fsp3) is 0.400. The molecular formula is C25H27F3N4O2. The molecule has 2 aromatic carbocycles. The average Bonchev–Trinajstić information content (AvgIpc) is 3.34. The molecule has 9 heteroatoms. The first-order chi connectivity index (χ1) is 16.3. The largest absolute Gasteiger partial charge is 0.415 e. The maximum Gasteiger partial charge on any atom is 0.314 e. The van der Waals surface area contributed by atoms with Crippen LogP contribution in [-0.4, -0.2) is 40.1 Å². The van der Waals surface area contributed by atoms with E-state index in [0.717, 1.165) is 32.0 Å². The first-order valence-electron chi connectivity index (χ1n) is 11.3. The normalized spacial score (nSPS) is 15.3. The Bertz CT molecular complexity index is 1110. The topological polar surface area (TPSA) is 62.5 Å². The summed E-state index contributed by atoms with van der Waals surface area (Å²) in [7, 11) is 0. The molecule has 1 aromatic heterocycles. The number of amides is 1. The van der Waals surface area contributed by atoms with Crippen LogP contribution in [0.25, 0.3) is 11.5 Å². The highest BCUT2D eigenvalue weighted by Gasteiger charge is 2.30. The number of piperidine rings is 1. The zero-order valence-electron chi connectivity index (χ0n) is 19.1. The Morgan fingerprint density at radius 1 is 1.12 bits per heavy atom. The van der Waals surface area contributed by atoms with Gasteiger partial charge in [-0.25, -0.2) is 4.39 Å². The van der Waals surface area contributed by atoms with Crippen molar-refractivity contribution in [2.45, 2.75) is 45.7 Å². The van der Waals surface area contributed by atoms with Crippen LogP contribution in [0.4, 0.5) is 18.9 Å². The van der Waals surface area contributed by atoms with Crippen LogP contribution in [0.5, 0.6) is 0 Å². The van der Waals surface area contributed by atoms with Crippen LogP contribution in [0.1, 0.15) is 44.6 Å². The quantitative estimate of drug-likeness (QED) is 0.457. The predicted octanol–water partition coefficient (Wildman–Crippen LogP) is 5.47. The van der Waals surface area contributed by atoms with Crippen molar-refractivity contribution < 1.29 is 22.4 Å². The smallest absolute Gasteiger partial charge is 0.314 e. The fourth-order valence-corrected chi connectivity index (χ4v) is 4.21. The highest BCUT2D eigenvalue weighted by molar-refractivity contribution is 5.95. The van der Waals surface area contributed by atoms with Crippen molar-refractivity contribution >= 4 is 11.6 Å². The van der Waals surface area contributed by atoms with Crippen molar-refractivity contribution in [1.82, 2.24) is 15.1 Å². The number of aromatic nitrogens is 2. The minimum Gasteiger partial charge on any atom is -0.415 e. The third kappa shape index (κ3) is 5.30. The van der Waals surface area contributed by atoms with Crippen molar-refractivity contribution in [3.05, 3.63) is 65.8 Å². The second-order valence-corrected chi connectivity index (χ2v) is 8.72. The number of para-hydroxylation sites is 1. The van der Waals surface area contributed by atoms with Gasteiger partial charge in [-0.05, 0) is 64.0 Å². The summed E-state index contributed by atoms with van der Waals surface area (Å²) in [6.07, 6.45) is -1.39. The molecule has 6 nitrogen and oxygen atoms in total. The number of anilines is 1. The van der Waals surface area contributed by atoms with E-state index in [1.54, 1.807) is 4.90 Å². The summed E-state index contributed by atoms with van der Waals surface area (Å²) in [5, 5.41) is 6.84. The van der Waals surface area contributed by atoms with E-state index in [-0.39, 0.29) is 29.8 Å². The SMILES string of the molecule is CC(C)N1CCC(C(=O)N(Cc2ccc(-c3nnc(C(F)F)o3)cc2F)c2ccccc2)CC1. The van der Waals surface area contributed by atoms with Crippen molar-refractivity contribution in [2.24, 2.45) is 5.92 Å². The molecule has 0 saturated carbocycles. The van der Waals surface area contributed by atoms with Crippen LogP contribution in [0.15, 0.2) is 52.9 Å². The lowest BCUT2D eigenvalue weighted by Crippen LogP contribution is -2.44. The molecule has 0 aliphatic carbocycles. The van der Waals surface area contributed by atoms with Gasteiger partial charge in [0.1, 0.15) is 5.82 Å².